The number of hydrogen-bond acceptors (Lipinski definition) is 6. The van der Waals surface area contributed by atoms with Gasteiger partial charge in [0.2, 0.25) is 17.7 Å². The summed E-state index contributed by atoms with van der Waals surface area (Å²) in [6, 6.07) is 13.0. The van der Waals surface area contributed by atoms with Gasteiger partial charge in [-0.25, -0.2) is 13.4 Å². The van der Waals surface area contributed by atoms with Crippen LogP contribution >= 0.6 is 0 Å². The summed E-state index contributed by atoms with van der Waals surface area (Å²) in [5, 5.41) is 2.87. The summed E-state index contributed by atoms with van der Waals surface area (Å²) in [5.41, 5.74) is 1.88. The van der Waals surface area contributed by atoms with Gasteiger partial charge in [-0.05, 0) is 23.6 Å². The Morgan fingerprint density at radius 2 is 2.00 bits per heavy atom. The lowest BCUT2D eigenvalue weighted by Gasteiger charge is -2.22. The third-order valence-corrected chi connectivity index (χ3v) is 7.42. The van der Waals surface area contributed by atoms with E-state index < -0.39 is 15.8 Å². The Kier molecular flexibility index (Phi) is 6.22. The van der Waals surface area contributed by atoms with Gasteiger partial charge < -0.3 is 15.0 Å². The van der Waals surface area contributed by atoms with E-state index in [0.717, 1.165) is 11.1 Å². The second-order valence-corrected chi connectivity index (χ2v) is 10.2. The summed E-state index contributed by atoms with van der Waals surface area (Å²) in [5.74, 6) is -0.250. The summed E-state index contributed by atoms with van der Waals surface area (Å²) in [6.07, 6.45) is 2.19. The van der Waals surface area contributed by atoms with Crippen molar-refractivity contribution in [3.8, 4) is 5.88 Å². The highest BCUT2D eigenvalue weighted by Crippen LogP contribution is 2.26. The number of ether oxygens (including phenoxy) is 1. The smallest absolute Gasteiger partial charge is 0.225 e. The molecule has 4 rings (SSSR count). The van der Waals surface area contributed by atoms with Crippen molar-refractivity contribution in [2.24, 2.45) is 5.92 Å². The van der Waals surface area contributed by atoms with E-state index in [2.05, 4.69) is 10.3 Å². The lowest BCUT2D eigenvalue weighted by molar-refractivity contribution is -0.130. The molecule has 2 aliphatic heterocycles. The zero-order valence-electron chi connectivity index (χ0n) is 17.1. The first-order valence-electron chi connectivity index (χ1n) is 10.3. The van der Waals surface area contributed by atoms with E-state index in [1.807, 2.05) is 30.3 Å². The molecule has 164 valence electrons. The summed E-state index contributed by atoms with van der Waals surface area (Å²) in [4.78, 5) is 30.7. The maximum Gasteiger partial charge on any atom is 0.225 e. The predicted molar refractivity (Wildman–Crippen MR) is 114 cm³/mol. The number of nitrogens with one attached hydrogen (secondary N) is 1. The molecule has 0 unspecified atom stereocenters. The van der Waals surface area contributed by atoms with Gasteiger partial charge in [-0.1, -0.05) is 30.3 Å². The van der Waals surface area contributed by atoms with Gasteiger partial charge in [0.05, 0.1) is 17.4 Å². The van der Waals surface area contributed by atoms with Crippen molar-refractivity contribution in [3.05, 3.63) is 59.8 Å². The number of rotatable bonds is 7. The van der Waals surface area contributed by atoms with Gasteiger partial charge in [-0.2, -0.15) is 0 Å². The first kappa shape index (κ1) is 21.3. The number of pyridine rings is 1. The molecule has 31 heavy (non-hydrogen) atoms. The summed E-state index contributed by atoms with van der Waals surface area (Å²) < 4.78 is 29.1. The summed E-state index contributed by atoms with van der Waals surface area (Å²) >= 11 is 0. The van der Waals surface area contributed by atoms with Crippen molar-refractivity contribution < 1.29 is 22.7 Å². The Balaban J connectivity index is 1.28. The average molecular weight is 444 g/mol. The number of nitrogens with zero attached hydrogens (tertiary/aromatic N) is 2. The molecule has 2 saturated heterocycles. The van der Waals surface area contributed by atoms with E-state index in [-0.39, 0.29) is 42.3 Å². The van der Waals surface area contributed by atoms with Crippen molar-refractivity contribution in [2.45, 2.75) is 32.0 Å². The Labute approximate surface area is 181 Å². The molecule has 2 aromatic rings. The van der Waals surface area contributed by atoms with E-state index >= 15 is 0 Å². The normalized spacial score (nSPS) is 22.5. The predicted octanol–water partition coefficient (Wildman–Crippen LogP) is 1.31. The maximum absolute atomic E-state index is 12.6. The minimum absolute atomic E-state index is 0.00411. The van der Waals surface area contributed by atoms with Crippen LogP contribution in [0.1, 0.15) is 24.0 Å². The minimum atomic E-state index is -3.08. The number of likely N-dealkylation sites (tertiary alicyclic amines) is 1. The lowest BCUT2D eigenvalue weighted by Crippen LogP contribution is -2.39. The van der Waals surface area contributed by atoms with E-state index in [4.69, 9.17) is 4.74 Å². The molecule has 2 fully saturated rings. The van der Waals surface area contributed by atoms with Crippen molar-refractivity contribution >= 4 is 21.7 Å². The van der Waals surface area contributed by atoms with E-state index in [1.165, 1.54) is 0 Å². The second kappa shape index (κ2) is 9.05. The Morgan fingerprint density at radius 1 is 1.19 bits per heavy atom. The van der Waals surface area contributed by atoms with Crippen molar-refractivity contribution in [1.29, 1.82) is 0 Å². The van der Waals surface area contributed by atoms with Gasteiger partial charge in [-0.15, -0.1) is 0 Å². The number of benzene rings is 1. The molecule has 2 aliphatic rings. The largest absolute Gasteiger partial charge is 0.473 e. The molecule has 0 bridgehead atoms. The SMILES string of the molecule is O=C(NCc1ccnc(OCc2ccccc2)c1)[C@@H]1CC(=O)N([C@H]2CCS(=O)(=O)C2)C1. The van der Waals surface area contributed by atoms with Crippen LogP contribution in [0.2, 0.25) is 0 Å². The Hall–Kier alpha value is -2.94. The zero-order chi connectivity index (χ0) is 21.8. The molecule has 0 radical (unpaired) electrons. The van der Waals surface area contributed by atoms with Gasteiger partial charge >= 0.3 is 0 Å². The quantitative estimate of drug-likeness (QED) is 0.692. The highest BCUT2D eigenvalue weighted by atomic mass is 32.2. The fraction of sp³-hybridized carbons (Fsp3) is 0.409. The molecule has 0 aliphatic carbocycles. The van der Waals surface area contributed by atoms with Crippen molar-refractivity contribution in [2.75, 3.05) is 18.1 Å². The van der Waals surface area contributed by atoms with Crippen LogP contribution in [0.3, 0.4) is 0 Å². The van der Waals surface area contributed by atoms with E-state index in [1.54, 1.807) is 23.2 Å². The van der Waals surface area contributed by atoms with Crippen LogP contribution in [0.4, 0.5) is 0 Å². The number of sulfone groups is 1. The molecule has 9 heteroatoms. The van der Waals surface area contributed by atoms with Gasteiger partial charge in [0, 0.05) is 37.8 Å². The highest BCUT2D eigenvalue weighted by Gasteiger charge is 2.41. The first-order chi connectivity index (χ1) is 14.9. The van der Waals surface area contributed by atoms with Crippen LogP contribution < -0.4 is 10.1 Å². The standard InChI is InChI=1S/C22H25N3O5S/c26-21-11-18(13-25(21)19-7-9-31(28,29)15-19)22(27)24-12-17-6-8-23-20(10-17)30-14-16-4-2-1-3-5-16/h1-6,8,10,18-19H,7,9,11-15H2,(H,24,27)/t18-,19+/m1/s1. The van der Waals surface area contributed by atoms with Gasteiger partial charge in [0.1, 0.15) is 6.61 Å². The van der Waals surface area contributed by atoms with Crippen LogP contribution in [0.25, 0.3) is 0 Å². The minimum Gasteiger partial charge on any atom is -0.473 e. The van der Waals surface area contributed by atoms with Crippen LogP contribution in [0.15, 0.2) is 48.7 Å². The Bertz CT molecular complexity index is 1060. The third kappa shape index (κ3) is 5.41. The molecule has 1 aromatic carbocycles. The van der Waals surface area contributed by atoms with Crippen LogP contribution in [-0.2, 0) is 32.6 Å². The van der Waals surface area contributed by atoms with Gasteiger partial charge in [0.15, 0.2) is 9.84 Å². The second-order valence-electron chi connectivity index (χ2n) is 8.00. The number of carbonyl (C=O) groups is 2. The molecule has 2 atom stereocenters. The molecule has 0 spiro atoms. The Morgan fingerprint density at radius 3 is 2.74 bits per heavy atom. The molecule has 1 aromatic heterocycles. The molecule has 1 N–H and O–H groups in total. The topological polar surface area (TPSA) is 106 Å². The zero-order valence-corrected chi connectivity index (χ0v) is 17.9. The molecular formula is C22H25N3O5S. The number of carbonyl (C=O) groups excluding carboxylic acids is 2. The van der Waals surface area contributed by atoms with Crippen molar-refractivity contribution in [1.82, 2.24) is 15.2 Å². The lowest BCUT2D eigenvalue weighted by atomic mass is 10.1. The van der Waals surface area contributed by atoms with Gasteiger partial charge in [0.25, 0.3) is 0 Å². The molecule has 2 amide bonds. The third-order valence-electron chi connectivity index (χ3n) is 5.67. The maximum atomic E-state index is 12.6. The van der Waals surface area contributed by atoms with E-state index in [9.17, 15) is 18.0 Å². The molecular weight excluding hydrogens is 418 g/mol. The summed E-state index contributed by atoms with van der Waals surface area (Å²) in [7, 11) is -3.08. The number of aromatic nitrogens is 1. The first-order valence-corrected chi connectivity index (χ1v) is 12.1. The molecule has 3 heterocycles. The highest BCUT2D eigenvalue weighted by molar-refractivity contribution is 7.91. The van der Waals surface area contributed by atoms with Crippen LogP contribution in [-0.4, -0.2) is 54.2 Å². The van der Waals surface area contributed by atoms with Gasteiger partial charge in [-0.3, -0.25) is 9.59 Å². The fourth-order valence-corrected chi connectivity index (χ4v) is 5.72. The molecule has 0 saturated carbocycles. The van der Waals surface area contributed by atoms with E-state index in [0.29, 0.717) is 25.5 Å². The van der Waals surface area contributed by atoms with Crippen molar-refractivity contribution in [3.63, 3.8) is 0 Å². The number of hydrogen-bond donors (Lipinski definition) is 1. The average Bonchev–Trinajstić information content (AvgIpc) is 3.33. The monoisotopic (exact) mass is 443 g/mol. The van der Waals surface area contributed by atoms with Crippen LogP contribution in [0.5, 0.6) is 5.88 Å². The fourth-order valence-electron chi connectivity index (χ4n) is 3.99. The number of amides is 2. The molecule has 8 nitrogen and oxygen atoms in total. The summed E-state index contributed by atoms with van der Waals surface area (Å²) in [6.45, 7) is 0.971. The van der Waals surface area contributed by atoms with Crippen LogP contribution in [0, 0.1) is 5.92 Å².